The molecule has 0 unspecified atom stereocenters. The van der Waals surface area contributed by atoms with Crippen LogP contribution in [-0.2, 0) is 19.3 Å². The molecule has 0 saturated heterocycles. The van der Waals surface area contributed by atoms with Gasteiger partial charge in [-0.2, -0.15) is 0 Å². The summed E-state index contributed by atoms with van der Waals surface area (Å²) in [6.45, 7) is 4.32. The second-order valence-corrected chi connectivity index (χ2v) is 8.98. The molecule has 3 aliphatic heterocycles. The van der Waals surface area contributed by atoms with E-state index in [9.17, 15) is 0 Å². The van der Waals surface area contributed by atoms with Crippen molar-refractivity contribution >= 4 is 29.2 Å². The van der Waals surface area contributed by atoms with E-state index in [4.69, 9.17) is 0 Å². The van der Waals surface area contributed by atoms with E-state index >= 15 is 0 Å². The van der Waals surface area contributed by atoms with Crippen LogP contribution in [0.25, 0.3) is 17.2 Å². The second-order valence-electron chi connectivity index (χ2n) is 8.98. The largest absolute Gasteiger partial charge is 0.243 e. The number of benzene rings is 4. The fraction of sp³-hybridized carbons (Fsp3) is 0.103. The maximum Gasteiger partial charge on any atom is 0.243 e. The van der Waals surface area contributed by atoms with Crippen molar-refractivity contribution in [2.45, 2.75) is 19.3 Å². The molecule has 7 rings (SSSR count). The lowest BCUT2D eigenvalue weighted by Gasteiger charge is -2.39. The van der Waals surface area contributed by atoms with E-state index in [1.165, 1.54) is 50.1 Å². The van der Waals surface area contributed by atoms with E-state index in [1.807, 2.05) is 6.08 Å². The minimum Gasteiger partial charge on any atom is -0.0985 e. The van der Waals surface area contributed by atoms with Crippen LogP contribution in [0, 0.1) is 0 Å². The Morgan fingerprint density at radius 2 is 1.03 bits per heavy atom. The zero-order valence-electron chi connectivity index (χ0n) is 16.9. The van der Waals surface area contributed by atoms with E-state index in [0.29, 0.717) is 6.71 Å². The van der Waals surface area contributed by atoms with Crippen LogP contribution in [0.5, 0.6) is 0 Å². The van der Waals surface area contributed by atoms with E-state index < -0.39 is 0 Å². The first-order valence-corrected chi connectivity index (χ1v) is 10.9. The van der Waals surface area contributed by atoms with Gasteiger partial charge in [0.15, 0.2) is 0 Å². The summed E-state index contributed by atoms with van der Waals surface area (Å²) in [6, 6.07) is 27.6. The normalized spacial score (nSPS) is 14.3. The van der Waals surface area contributed by atoms with Crippen LogP contribution in [0.15, 0.2) is 79.4 Å². The molecule has 0 bridgehead atoms. The van der Waals surface area contributed by atoms with Gasteiger partial charge in [-0.3, -0.25) is 0 Å². The molecule has 140 valence electrons. The van der Waals surface area contributed by atoms with E-state index in [2.05, 4.69) is 79.4 Å². The van der Waals surface area contributed by atoms with Crippen LogP contribution >= 0.6 is 0 Å². The monoisotopic (exact) mass is 380 g/mol. The Labute approximate surface area is 178 Å². The third-order valence-electron chi connectivity index (χ3n) is 7.41. The van der Waals surface area contributed by atoms with Crippen LogP contribution in [0.3, 0.4) is 0 Å². The summed E-state index contributed by atoms with van der Waals surface area (Å²) in [6.07, 6.45) is 5.10. The average Bonchev–Trinajstić information content (AvgIpc) is 2.79. The molecule has 4 aromatic rings. The molecule has 0 atom stereocenters. The van der Waals surface area contributed by atoms with Crippen LogP contribution in [0.4, 0.5) is 0 Å². The van der Waals surface area contributed by atoms with Gasteiger partial charge in [-0.25, -0.2) is 0 Å². The van der Waals surface area contributed by atoms with Gasteiger partial charge in [-0.1, -0.05) is 102 Å². The van der Waals surface area contributed by atoms with Gasteiger partial charge in [0.2, 0.25) is 6.71 Å². The fourth-order valence-electron chi connectivity index (χ4n) is 6.16. The molecule has 0 aliphatic carbocycles. The summed E-state index contributed by atoms with van der Waals surface area (Å²) >= 11 is 0. The highest BCUT2D eigenvalue weighted by Crippen LogP contribution is 2.31. The quantitative estimate of drug-likeness (QED) is 0.394. The predicted molar refractivity (Wildman–Crippen MR) is 128 cm³/mol. The smallest absolute Gasteiger partial charge is 0.0985 e. The Balaban J connectivity index is 1.49. The van der Waals surface area contributed by atoms with Gasteiger partial charge in [-0.05, 0) is 69.3 Å². The highest BCUT2D eigenvalue weighted by atomic mass is 14.3. The number of hydrogen-bond acceptors (Lipinski definition) is 0. The van der Waals surface area contributed by atoms with Gasteiger partial charge < -0.3 is 0 Å². The van der Waals surface area contributed by atoms with Crippen LogP contribution in [0.2, 0.25) is 0 Å². The summed E-state index contributed by atoms with van der Waals surface area (Å²) in [4.78, 5) is 0. The minimum absolute atomic E-state index is 0.431. The van der Waals surface area contributed by atoms with Gasteiger partial charge >= 0.3 is 0 Å². The Morgan fingerprint density at radius 3 is 1.53 bits per heavy atom. The summed E-state index contributed by atoms with van der Waals surface area (Å²) in [7, 11) is 0. The summed E-state index contributed by atoms with van der Waals surface area (Å²) in [5, 5.41) is 0. The van der Waals surface area contributed by atoms with Crippen LogP contribution < -0.4 is 16.4 Å². The molecular weight excluding hydrogens is 359 g/mol. The van der Waals surface area contributed by atoms with Gasteiger partial charge in [0.05, 0.1) is 0 Å². The molecule has 0 N–H and O–H groups in total. The Morgan fingerprint density at radius 1 is 0.567 bits per heavy atom. The number of hydrogen-bond donors (Lipinski definition) is 0. The Kier molecular flexibility index (Phi) is 3.22. The van der Waals surface area contributed by atoms with Crippen molar-refractivity contribution in [1.82, 2.24) is 0 Å². The highest BCUT2D eigenvalue weighted by Gasteiger charge is 2.41. The molecule has 0 amide bonds. The first-order chi connectivity index (χ1) is 14.8. The molecule has 3 heterocycles. The van der Waals surface area contributed by atoms with Crippen molar-refractivity contribution in [3.05, 3.63) is 118 Å². The highest BCUT2D eigenvalue weighted by molar-refractivity contribution is 6.98. The number of rotatable bonds is 2. The molecule has 0 radical (unpaired) electrons. The standard InChI is InChI=1S/C29H21B/c1-2-18-9-11-19(12-10-18)24-16-25-14-22-7-3-5-20-13-21-6-4-8-23-15-26(17-24)29(25)30(27(20)22)28(21)23/h2-12,16-17H,1,13-15H2. The first-order valence-electron chi connectivity index (χ1n) is 10.9. The van der Waals surface area contributed by atoms with Crippen LogP contribution in [-0.4, -0.2) is 6.71 Å². The summed E-state index contributed by atoms with van der Waals surface area (Å²) in [5.41, 5.74) is 17.8. The van der Waals surface area contributed by atoms with E-state index in [-0.39, 0.29) is 0 Å². The van der Waals surface area contributed by atoms with Gasteiger partial charge in [0, 0.05) is 0 Å². The minimum atomic E-state index is 0.431. The molecule has 0 fully saturated rings. The van der Waals surface area contributed by atoms with Gasteiger partial charge in [-0.15, -0.1) is 0 Å². The van der Waals surface area contributed by atoms with Crippen molar-refractivity contribution in [1.29, 1.82) is 0 Å². The van der Waals surface area contributed by atoms with Gasteiger partial charge in [0.25, 0.3) is 0 Å². The van der Waals surface area contributed by atoms with Crippen molar-refractivity contribution in [3.8, 4) is 11.1 Å². The molecule has 4 aromatic carbocycles. The third-order valence-corrected chi connectivity index (χ3v) is 7.41. The fourth-order valence-corrected chi connectivity index (χ4v) is 6.16. The van der Waals surface area contributed by atoms with Crippen molar-refractivity contribution < 1.29 is 0 Å². The maximum absolute atomic E-state index is 3.89. The van der Waals surface area contributed by atoms with E-state index in [1.54, 1.807) is 16.4 Å². The molecule has 3 aliphatic rings. The molecule has 30 heavy (non-hydrogen) atoms. The Bertz CT molecular complexity index is 1300. The third kappa shape index (κ3) is 2.13. The topological polar surface area (TPSA) is 0 Å². The lowest BCUT2D eigenvalue weighted by atomic mass is 9.28. The summed E-state index contributed by atoms with van der Waals surface area (Å²) in [5.74, 6) is 0. The predicted octanol–water partition coefficient (Wildman–Crippen LogP) is 4.23. The molecule has 0 saturated carbocycles. The Hall–Kier alpha value is -3.32. The summed E-state index contributed by atoms with van der Waals surface area (Å²) < 4.78 is 0. The molecule has 0 spiro atoms. The van der Waals surface area contributed by atoms with E-state index in [0.717, 1.165) is 19.3 Å². The SMILES string of the molecule is C=Cc1ccc(-c2cc3c4c(c2)Cc2cccc5c2B4c2c(cccc2C3)C5)cc1. The average molecular weight is 380 g/mol. The second kappa shape index (κ2) is 5.86. The zero-order valence-corrected chi connectivity index (χ0v) is 16.9. The van der Waals surface area contributed by atoms with Crippen LogP contribution in [0.1, 0.15) is 38.9 Å². The van der Waals surface area contributed by atoms with Crippen molar-refractivity contribution in [3.63, 3.8) is 0 Å². The lowest BCUT2D eigenvalue weighted by Crippen LogP contribution is -2.64. The lowest BCUT2D eigenvalue weighted by molar-refractivity contribution is 1.10. The first kappa shape index (κ1) is 16.5. The molecular formula is C29H21B. The zero-order chi connectivity index (χ0) is 19.8. The van der Waals surface area contributed by atoms with Crippen molar-refractivity contribution in [2.75, 3.05) is 0 Å². The van der Waals surface area contributed by atoms with Gasteiger partial charge in [0.1, 0.15) is 0 Å². The maximum atomic E-state index is 3.89. The van der Waals surface area contributed by atoms with Crippen molar-refractivity contribution in [2.24, 2.45) is 0 Å². The molecule has 1 heteroatoms. The molecule has 0 nitrogen and oxygen atoms in total. The molecule has 0 aromatic heterocycles.